The molecule has 1 aliphatic rings. The maximum absolute atomic E-state index is 13.4. The molecule has 6 nitrogen and oxygen atoms in total. The Hall–Kier alpha value is -4.66. The van der Waals surface area contributed by atoms with Crippen LogP contribution in [0.5, 0.6) is 0 Å². The number of nitrogens with one attached hydrogen (secondary N) is 1. The largest absolute Gasteiger partial charge is 0.416 e. The molecule has 0 saturated carbocycles. The summed E-state index contributed by atoms with van der Waals surface area (Å²) >= 11 is 0. The summed E-state index contributed by atoms with van der Waals surface area (Å²) in [6.45, 7) is 1.87. The van der Waals surface area contributed by atoms with Gasteiger partial charge in [-0.1, -0.05) is 24.3 Å². The summed E-state index contributed by atoms with van der Waals surface area (Å²) in [7, 11) is 0. The Balaban J connectivity index is 1.27. The van der Waals surface area contributed by atoms with Gasteiger partial charge in [0.15, 0.2) is 5.78 Å². The topological polar surface area (TPSA) is 89.6 Å². The van der Waals surface area contributed by atoms with Crippen molar-refractivity contribution in [2.75, 3.05) is 5.73 Å². The number of imidazole rings is 1. The van der Waals surface area contributed by atoms with E-state index in [1.807, 2.05) is 49.4 Å². The molecule has 2 heterocycles. The van der Waals surface area contributed by atoms with E-state index in [4.69, 9.17) is 5.73 Å². The number of Topliss-reactive ketones (excluding diaryl/α,β-unsaturated/α-hetero) is 1. The first-order valence-corrected chi connectivity index (χ1v) is 11.5. The third-order valence-electron chi connectivity index (χ3n) is 6.57. The van der Waals surface area contributed by atoms with E-state index in [2.05, 4.69) is 15.1 Å². The summed E-state index contributed by atoms with van der Waals surface area (Å²) in [5.74, 6) is 0.822. The number of alkyl halides is 3. The van der Waals surface area contributed by atoms with Crippen molar-refractivity contribution in [3.63, 3.8) is 0 Å². The number of aromatic amines is 1. The molecule has 1 aliphatic carbocycles. The van der Waals surface area contributed by atoms with Crippen molar-refractivity contribution >= 4 is 28.7 Å². The Kier molecular flexibility index (Phi) is 5.04. The van der Waals surface area contributed by atoms with E-state index in [-0.39, 0.29) is 11.6 Å². The van der Waals surface area contributed by atoms with Crippen molar-refractivity contribution in [2.45, 2.75) is 19.5 Å². The first-order valence-electron chi connectivity index (χ1n) is 11.5. The van der Waals surface area contributed by atoms with E-state index in [0.29, 0.717) is 28.8 Å². The van der Waals surface area contributed by atoms with Crippen LogP contribution in [0.15, 0.2) is 72.4 Å². The second-order valence-corrected chi connectivity index (χ2v) is 9.04. The highest BCUT2D eigenvalue weighted by Gasteiger charge is 2.30. The van der Waals surface area contributed by atoms with Gasteiger partial charge in [0.05, 0.1) is 34.0 Å². The Morgan fingerprint density at radius 3 is 2.54 bits per heavy atom. The molecule has 3 aromatic carbocycles. The number of nitrogen functional groups attached to an aromatic ring is 1. The number of carbonyl (C=O) groups excluding carboxylic acids is 1. The van der Waals surface area contributed by atoms with E-state index in [1.165, 1.54) is 23.0 Å². The number of halogens is 3. The Morgan fingerprint density at radius 2 is 1.78 bits per heavy atom. The molecule has 6 rings (SSSR count). The molecule has 0 saturated heterocycles. The number of anilines is 1. The third-order valence-corrected chi connectivity index (χ3v) is 6.57. The van der Waals surface area contributed by atoms with Crippen LogP contribution in [-0.2, 0) is 12.6 Å². The van der Waals surface area contributed by atoms with Crippen LogP contribution in [-0.4, -0.2) is 25.5 Å². The van der Waals surface area contributed by atoms with Crippen molar-refractivity contribution < 1.29 is 18.0 Å². The number of ketones is 1. The fourth-order valence-electron chi connectivity index (χ4n) is 4.68. The zero-order chi connectivity index (χ0) is 25.9. The normalized spacial score (nSPS) is 13.1. The van der Waals surface area contributed by atoms with E-state index in [1.54, 1.807) is 0 Å². The monoisotopic (exact) mass is 499 g/mol. The molecule has 0 bridgehead atoms. The van der Waals surface area contributed by atoms with Crippen LogP contribution in [0.1, 0.15) is 32.9 Å². The van der Waals surface area contributed by atoms with Crippen molar-refractivity contribution in [2.24, 2.45) is 0 Å². The van der Waals surface area contributed by atoms with Crippen LogP contribution in [0.4, 0.5) is 19.0 Å². The lowest BCUT2D eigenvalue weighted by molar-refractivity contribution is -0.137. The number of benzene rings is 3. The first-order chi connectivity index (χ1) is 17.7. The van der Waals surface area contributed by atoms with Crippen molar-refractivity contribution in [3.05, 3.63) is 101 Å². The molecule has 37 heavy (non-hydrogen) atoms. The average Bonchev–Trinajstić information content (AvgIpc) is 3.57. The minimum atomic E-state index is -4.38. The highest BCUT2D eigenvalue weighted by Crippen LogP contribution is 2.34. The molecule has 0 spiro atoms. The van der Waals surface area contributed by atoms with E-state index in [0.717, 1.165) is 45.7 Å². The number of hydrogen-bond donors (Lipinski definition) is 2. The number of nitrogens with two attached hydrogens (primary N) is 1. The SMILES string of the molecule is Cc1nc2ccc(-n3ncc(C(=O)C4=Cc5cc(-c6ccc(C(F)(F)F)cc6)ccc5C4)c3N)cc2[nH]1. The average molecular weight is 499 g/mol. The summed E-state index contributed by atoms with van der Waals surface area (Å²) in [5.41, 5.74) is 12.2. The van der Waals surface area contributed by atoms with Gasteiger partial charge in [-0.3, -0.25) is 4.79 Å². The maximum Gasteiger partial charge on any atom is 0.416 e. The van der Waals surface area contributed by atoms with Gasteiger partial charge in [-0.25, -0.2) is 9.67 Å². The number of aryl methyl sites for hydroxylation is 1. The van der Waals surface area contributed by atoms with Gasteiger partial charge < -0.3 is 10.7 Å². The van der Waals surface area contributed by atoms with Crippen LogP contribution >= 0.6 is 0 Å². The summed E-state index contributed by atoms with van der Waals surface area (Å²) in [6.07, 6.45) is -0.667. The number of hydrogen-bond acceptors (Lipinski definition) is 4. The number of fused-ring (bicyclic) bond motifs is 2. The maximum atomic E-state index is 13.4. The van der Waals surface area contributed by atoms with Crippen LogP contribution in [0, 0.1) is 6.92 Å². The van der Waals surface area contributed by atoms with Crippen LogP contribution in [0.3, 0.4) is 0 Å². The number of H-pyrrole nitrogens is 1. The Morgan fingerprint density at radius 1 is 1.03 bits per heavy atom. The number of nitrogens with zero attached hydrogens (tertiary/aromatic N) is 3. The number of allylic oxidation sites excluding steroid dienone is 1. The lowest BCUT2D eigenvalue weighted by atomic mass is 9.99. The second kappa shape index (κ2) is 8.19. The highest BCUT2D eigenvalue weighted by molar-refractivity contribution is 6.15. The lowest BCUT2D eigenvalue weighted by Gasteiger charge is -2.09. The van der Waals surface area contributed by atoms with E-state index < -0.39 is 11.7 Å². The fraction of sp³-hybridized carbons (Fsp3) is 0.107. The first kappa shape index (κ1) is 22.8. The fourth-order valence-corrected chi connectivity index (χ4v) is 4.68. The van der Waals surface area contributed by atoms with Crippen LogP contribution in [0.2, 0.25) is 0 Å². The van der Waals surface area contributed by atoms with Gasteiger partial charge in [0.1, 0.15) is 11.6 Å². The minimum absolute atomic E-state index is 0.213. The molecule has 9 heteroatoms. The molecular formula is C28H20F3N5O. The minimum Gasteiger partial charge on any atom is -0.383 e. The van der Waals surface area contributed by atoms with Crippen molar-refractivity contribution in [3.8, 4) is 16.8 Å². The third kappa shape index (κ3) is 3.98. The number of carbonyl (C=O) groups is 1. The molecule has 0 amide bonds. The molecular weight excluding hydrogens is 479 g/mol. The molecule has 5 aromatic rings. The highest BCUT2D eigenvalue weighted by atomic mass is 19.4. The molecule has 2 aromatic heterocycles. The number of aromatic nitrogens is 4. The van der Waals surface area contributed by atoms with Gasteiger partial charge in [0, 0.05) is 12.0 Å². The zero-order valence-electron chi connectivity index (χ0n) is 19.6. The molecule has 0 aliphatic heterocycles. The molecule has 0 unspecified atom stereocenters. The molecule has 0 atom stereocenters. The summed E-state index contributed by atoms with van der Waals surface area (Å²) < 4.78 is 40.2. The van der Waals surface area contributed by atoms with Gasteiger partial charge in [-0.05, 0) is 71.7 Å². The molecule has 0 fully saturated rings. The lowest BCUT2D eigenvalue weighted by Crippen LogP contribution is -2.08. The summed E-state index contributed by atoms with van der Waals surface area (Å²) in [5, 5.41) is 4.35. The predicted octanol–water partition coefficient (Wildman–Crippen LogP) is 6.15. The van der Waals surface area contributed by atoms with E-state index >= 15 is 0 Å². The van der Waals surface area contributed by atoms with E-state index in [9.17, 15) is 18.0 Å². The van der Waals surface area contributed by atoms with Crippen LogP contribution in [0.25, 0.3) is 33.9 Å². The zero-order valence-corrected chi connectivity index (χ0v) is 19.6. The van der Waals surface area contributed by atoms with Crippen LogP contribution < -0.4 is 5.73 Å². The predicted molar refractivity (Wildman–Crippen MR) is 135 cm³/mol. The van der Waals surface area contributed by atoms with Crippen molar-refractivity contribution in [1.82, 2.24) is 19.7 Å². The second-order valence-electron chi connectivity index (χ2n) is 9.04. The smallest absolute Gasteiger partial charge is 0.383 e. The molecule has 184 valence electrons. The summed E-state index contributed by atoms with van der Waals surface area (Å²) in [4.78, 5) is 20.9. The molecule has 3 N–H and O–H groups in total. The van der Waals surface area contributed by atoms with Crippen molar-refractivity contribution in [1.29, 1.82) is 0 Å². The van der Waals surface area contributed by atoms with Gasteiger partial charge in [-0.2, -0.15) is 18.3 Å². The Bertz CT molecular complexity index is 1730. The standard InChI is InChI=1S/C28H20F3N5O/c1-15-34-24-9-8-22(13-25(24)35-15)36-27(32)23(14-33-36)26(37)20-11-18-3-2-17(10-19(18)12-20)16-4-6-21(7-5-16)28(29,30)31/h2-10,12-14H,11,32H2,1H3,(H,34,35). The summed E-state index contributed by atoms with van der Waals surface area (Å²) in [6, 6.07) is 16.2. The quantitative estimate of drug-likeness (QED) is 0.290. The number of rotatable bonds is 4. The van der Waals surface area contributed by atoms with Gasteiger partial charge >= 0.3 is 6.18 Å². The van der Waals surface area contributed by atoms with Gasteiger partial charge in [0.25, 0.3) is 0 Å². The molecule has 0 radical (unpaired) electrons. The van der Waals surface area contributed by atoms with Gasteiger partial charge in [-0.15, -0.1) is 0 Å². The Labute approximate surface area is 209 Å². The van der Waals surface area contributed by atoms with Gasteiger partial charge in [0.2, 0.25) is 0 Å².